The van der Waals surface area contributed by atoms with Gasteiger partial charge in [0.25, 0.3) is 0 Å². The normalized spacial score (nSPS) is 22.0. The third-order valence-corrected chi connectivity index (χ3v) is 6.22. The zero-order valence-corrected chi connectivity index (χ0v) is 16.2. The van der Waals surface area contributed by atoms with Crippen LogP contribution >= 0.6 is 0 Å². The van der Waals surface area contributed by atoms with Gasteiger partial charge in [0.2, 0.25) is 0 Å². The van der Waals surface area contributed by atoms with Crippen molar-refractivity contribution in [3.63, 3.8) is 0 Å². The Hall–Kier alpha value is -1.78. The molecule has 0 aromatic carbocycles. The maximum Gasteiger partial charge on any atom is 0.191 e. The molecule has 0 radical (unpaired) electrons. The summed E-state index contributed by atoms with van der Waals surface area (Å²) in [5.41, 5.74) is 1.09. The van der Waals surface area contributed by atoms with Crippen LogP contribution in [0.3, 0.4) is 0 Å². The molecule has 1 aromatic rings. The second-order valence-electron chi connectivity index (χ2n) is 8.33. The Labute approximate surface area is 157 Å². The third kappa shape index (κ3) is 4.49. The van der Waals surface area contributed by atoms with E-state index in [1.165, 1.54) is 25.7 Å². The predicted molar refractivity (Wildman–Crippen MR) is 108 cm³/mol. The van der Waals surface area contributed by atoms with Crippen molar-refractivity contribution in [2.45, 2.75) is 51.5 Å². The van der Waals surface area contributed by atoms with Crippen LogP contribution in [0.1, 0.15) is 44.2 Å². The number of guanidine groups is 1. The molecule has 2 N–H and O–H groups in total. The van der Waals surface area contributed by atoms with Crippen molar-refractivity contribution in [2.75, 3.05) is 31.6 Å². The van der Waals surface area contributed by atoms with Gasteiger partial charge in [-0.25, -0.2) is 4.98 Å². The molecule has 0 amide bonds. The zero-order chi connectivity index (χ0) is 17.9. The predicted octanol–water partition coefficient (Wildman–Crippen LogP) is 2.96. The Morgan fingerprint density at radius 3 is 2.42 bits per heavy atom. The number of aryl methyl sites for hydroxylation is 1. The lowest BCUT2D eigenvalue weighted by Crippen LogP contribution is -2.49. The lowest BCUT2D eigenvalue weighted by Gasteiger charge is -2.34. The van der Waals surface area contributed by atoms with E-state index in [1.54, 1.807) is 0 Å². The van der Waals surface area contributed by atoms with Gasteiger partial charge in [0, 0.05) is 38.4 Å². The molecule has 1 aromatic heterocycles. The van der Waals surface area contributed by atoms with Crippen LogP contribution in [-0.4, -0.2) is 43.7 Å². The van der Waals surface area contributed by atoms with Crippen LogP contribution in [0.2, 0.25) is 0 Å². The largest absolute Gasteiger partial charge is 0.356 e. The van der Waals surface area contributed by atoms with Crippen molar-refractivity contribution in [1.29, 1.82) is 0 Å². The highest BCUT2D eigenvalue weighted by Gasteiger charge is 2.41. The van der Waals surface area contributed by atoms with Crippen molar-refractivity contribution in [2.24, 2.45) is 22.7 Å². The number of rotatable bonds is 6. The topological polar surface area (TPSA) is 52.6 Å². The minimum atomic E-state index is 0.502. The molecule has 4 rings (SSSR count). The highest BCUT2D eigenvalue weighted by Crippen LogP contribution is 2.48. The number of hydrogen-bond donors (Lipinski definition) is 2. The van der Waals surface area contributed by atoms with E-state index in [0.29, 0.717) is 6.04 Å². The molecule has 2 aliphatic carbocycles. The van der Waals surface area contributed by atoms with E-state index in [0.717, 1.165) is 67.7 Å². The molecule has 2 heterocycles. The maximum atomic E-state index is 4.66. The van der Waals surface area contributed by atoms with Crippen LogP contribution in [-0.2, 0) is 0 Å². The van der Waals surface area contributed by atoms with Crippen LogP contribution in [0.5, 0.6) is 0 Å². The average Bonchev–Trinajstić information content (AvgIpc) is 3.55. The molecule has 3 aliphatic rings. The minimum Gasteiger partial charge on any atom is -0.356 e. The minimum absolute atomic E-state index is 0.502. The van der Waals surface area contributed by atoms with Gasteiger partial charge in [-0.05, 0) is 75.3 Å². The lowest BCUT2D eigenvalue weighted by molar-refractivity contribution is 0.396. The molecule has 0 spiro atoms. The second kappa shape index (κ2) is 7.85. The monoisotopic (exact) mass is 355 g/mol. The molecule has 26 heavy (non-hydrogen) atoms. The fraction of sp³-hybridized carbons (Fsp3) is 0.714. The van der Waals surface area contributed by atoms with E-state index < -0.39 is 0 Å². The summed E-state index contributed by atoms with van der Waals surface area (Å²) >= 11 is 0. The van der Waals surface area contributed by atoms with Gasteiger partial charge in [0.05, 0.1) is 0 Å². The number of nitrogens with one attached hydrogen (secondary N) is 2. The summed E-state index contributed by atoms with van der Waals surface area (Å²) in [5, 5.41) is 7.28. The summed E-state index contributed by atoms with van der Waals surface area (Å²) in [6, 6.07) is 6.79. The molecular weight excluding hydrogens is 322 g/mol. The standard InChI is InChI=1S/C21H33N5/c1-15-4-3-5-20(24-15)26-12-10-18(11-13-26)25-21(22-2)23-14-19(16-6-7-16)17-8-9-17/h3-5,16-19H,6-14H2,1-2H3,(H2,22,23,25). The maximum absolute atomic E-state index is 4.66. The summed E-state index contributed by atoms with van der Waals surface area (Å²) in [5.74, 6) is 4.95. The number of piperidine rings is 1. The van der Waals surface area contributed by atoms with E-state index in [-0.39, 0.29) is 0 Å². The first-order valence-corrected chi connectivity index (χ1v) is 10.4. The van der Waals surface area contributed by atoms with E-state index in [9.17, 15) is 0 Å². The van der Waals surface area contributed by atoms with E-state index in [1.807, 2.05) is 7.05 Å². The average molecular weight is 356 g/mol. The van der Waals surface area contributed by atoms with Crippen molar-refractivity contribution >= 4 is 11.8 Å². The number of aromatic nitrogens is 1. The van der Waals surface area contributed by atoms with Gasteiger partial charge < -0.3 is 15.5 Å². The quantitative estimate of drug-likeness (QED) is 0.608. The summed E-state index contributed by atoms with van der Waals surface area (Å²) < 4.78 is 0. The van der Waals surface area contributed by atoms with Crippen LogP contribution in [0.25, 0.3) is 0 Å². The Morgan fingerprint density at radius 2 is 1.85 bits per heavy atom. The van der Waals surface area contributed by atoms with Crippen molar-refractivity contribution < 1.29 is 0 Å². The molecule has 5 nitrogen and oxygen atoms in total. The molecule has 0 atom stereocenters. The molecule has 0 unspecified atom stereocenters. The smallest absolute Gasteiger partial charge is 0.191 e. The molecule has 3 fully saturated rings. The molecule has 2 saturated carbocycles. The van der Waals surface area contributed by atoms with Crippen LogP contribution < -0.4 is 15.5 Å². The Balaban J connectivity index is 1.23. The van der Waals surface area contributed by atoms with Gasteiger partial charge in [-0.3, -0.25) is 4.99 Å². The summed E-state index contributed by atoms with van der Waals surface area (Å²) in [6.45, 7) is 5.26. The molecule has 0 bridgehead atoms. The summed E-state index contributed by atoms with van der Waals surface area (Å²) in [7, 11) is 1.89. The number of aliphatic imine (C=N–C) groups is 1. The molecule has 1 saturated heterocycles. The number of hydrogen-bond acceptors (Lipinski definition) is 3. The number of nitrogens with zero attached hydrogens (tertiary/aromatic N) is 3. The second-order valence-corrected chi connectivity index (χ2v) is 8.33. The van der Waals surface area contributed by atoms with Crippen molar-refractivity contribution in [1.82, 2.24) is 15.6 Å². The highest BCUT2D eigenvalue weighted by atomic mass is 15.2. The van der Waals surface area contributed by atoms with Crippen molar-refractivity contribution in [3.05, 3.63) is 23.9 Å². The Morgan fingerprint density at radius 1 is 1.15 bits per heavy atom. The van der Waals surface area contributed by atoms with Gasteiger partial charge in [0.1, 0.15) is 5.82 Å². The lowest BCUT2D eigenvalue weighted by atomic mass is 9.98. The van der Waals surface area contributed by atoms with Crippen LogP contribution in [0, 0.1) is 24.7 Å². The SMILES string of the molecule is CN=C(NCC(C1CC1)C1CC1)NC1CCN(c2cccc(C)n2)CC1. The Bertz CT molecular complexity index is 615. The highest BCUT2D eigenvalue weighted by molar-refractivity contribution is 5.80. The summed E-state index contributed by atoms with van der Waals surface area (Å²) in [4.78, 5) is 11.5. The fourth-order valence-corrected chi connectivity index (χ4v) is 4.33. The van der Waals surface area contributed by atoms with Gasteiger partial charge >= 0.3 is 0 Å². The van der Waals surface area contributed by atoms with E-state index in [4.69, 9.17) is 0 Å². The summed E-state index contributed by atoms with van der Waals surface area (Å²) in [6.07, 6.45) is 8.04. The van der Waals surface area contributed by atoms with Crippen LogP contribution in [0.15, 0.2) is 23.2 Å². The Kier molecular flexibility index (Phi) is 5.32. The molecular formula is C21H33N5. The number of anilines is 1. The first-order valence-electron chi connectivity index (χ1n) is 10.4. The van der Waals surface area contributed by atoms with Crippen LogP contribution in [0.4, 0.5) is 5.82 Å². The third-order valence-electron chi connectivity index (χ3n) is 6.22. The molecule has 142 valence electrons. The van der Waals surface area contributed by atoms with Gasteiger partial charge in [-0.15, -0.1) is 0 Å². The van der Waals surface area contributed by atoms with Gasteiger partial charge in [-0.2, -0.15) is 0 Å². The van der Waals surface area contributed by atoms with Gasteiger partial charge in [0.15, 0.2) is 5.96 Å². The van der Waals surface area contributed by atoms with Gasteiger partial charge in [-0.1, -0.05) is 6.07 Å². The van der Waals surface area contributed by atoms with E-state index >= 15 is 0 Å². The first-order chi connectivity index (χ1) is 12.7. The van der Waals surface area contributed by atoms with E-state index in [2.05, 4.69) is 50.6 Å². The zero-order valence-electron chi connectivity index (χ0n) is 16.2. The number of pyridine rings is 1. The van der Waals surface area contributed by atoms with Crippen molar-refractivity contribution in [3.8, 4) is 0 Å². The first kappa shape index (κ1) is 17.6. The molecule has 1 aliphatic heterocycles. The molecule has 5 heteroatoms. The fourth-order valence-electron chi connectivity index (χ4n) is 4.33.